The number of hydrogen-bond donors (Lipinski definition) is 2. The summed E-state index contributed by atoms with van der Waals surface area (Å²) in [4.78, 5) is 8.01. The van der Waals surface area contributed by atoms with Crippen LogP contribution in [0.2, 0.25) is 0 Å². The molecule has 4 heteroatoms. The van der Waals surface area contributed by atoms with Crippen molar-refractivity contribution < 1.29 is 0 Å². The quantitative estimate of drug-likeness (QED) is 0.793. The van der Waals surface area contributed by atoms with Crippen LogP contribution in [0.25, 0.3) is 11.0 Å². The number of rotatable bonds is 6. The van der Waals surface area contributed by atoms with Crippen LogP contribution in [0.15, 0.2) is 23.4 Å². The van der Waals surface area contributed by atoms with E-state index < -0.39 is 0 Å². The molecule has 1 heterocycles. The molecule has 19 heavy (non-hydrogen) atoms. The number of aromatic amines is 1. The molecule has 104 valence electrons. The van der Waals surface area contributed by atoms with Crippen LogP contribution in [-0.2, 0) is 0 Å². The van der Waals surface area contributed by atoms with Gasteiger partial charge in [-0.3, -0.25) is 0 Å². The minimum Gasteiger partial charge on any atom is -0.333 e. The second-order valence-corrected chi connectivity index (χ2v) is 6.97. The zero-order chi connectivity index (χ0) is 13.8. The predicted octanol–water partition coefficient (Wildman–Crippen LogP) is 3.60. The summed E-state index contributed by atoms with van der Waals surface area (Å²) in [6.07, 6.45) is 0. The number of aryl methyl sites for hydroxylation is 1. The molecule has 0 spiro atoms. The van der Waals surface area contributed by atoms with E-state index in [1.165, 1.54) is 5.56 Å². The second-order valence-electron chi connectivity index (χ2n) is 5.54. The van der Waals surface area contributed by atoms with Crippen molar-refractivity contribution >= 4 is 22.8 Å². The molecule has 1 unspecified atom stereocenters. The lowest BCUT2D eigenvalue weighted by Crippen LogP contribution is -2.26. The minimum absolute atomic E-state index is 0.514. The molecule has 2 N–H and O–H groups in total. The number of fused-ring (bicyclic) bond motifs is 1. The van der Waals surface area contributed by atoms with E-state index in [-0.39, 0.29) is 0 Å². The number of imidazole rings is 1. The van der Waals surface area contributed by atoms with Crippen molar-refractivity contribution in [3.05, 3.63) is 23.8 Å². The third-order valence-electron chi connectivity index (χ3n) is 2.91. The maximum atomic E-state index is 4.62. The smallest absolute Gasteiger partial charge is 0.166 e. The number of H-pyrrole nitrogens is 1. The van der Waals surface area contributed by atoms with Crippen LogP contribution >= 0.6 is 11.8 Å². The number of hydrogen-bond acceptors (Lipinski definition) is 3. The molecule has 1 aromatic carbocycles. The van der Waals surface area contributed by atoms with Crippen LogP contribution in [0.4, 0.5) is 0 Å². The Morgan fingerprint density at radius 1 is 1.26 bits per heavy atom. The Labute approximate surface area is 119 Å². The fourth-order valence-electron chi connectivity index (χ4n) is 1.96. The molecule has 2 aromatic rings. The molecule has 0 amide bonds. The SMILES string of the molecule is Cc1ccc2nc(SC(C)CNCC(C)C)[nH]c2c1. The zero-order valence-electron chi connectivity index (χ0n) is 12.2. The van der Waals surface area contributed by atoms with E-state index in [1.807, 2.05) is 0 Å². The first-order chi connectivity index (χ1) is 9.04. The van der Waals surface area contributed by atoms with Gasteiger partial charge in [-0.25, -0.2) is 4.98 Å². The molecule has 0 bridgehead atoms. The number of thioether (sulfide) groups is 1. The second kappa shape index (κ2) is 6.44. The van der Waals surface area contributed by atoms with Gasteiger partial charge < -0.3 is 10.3 Å². The summed E-state index contributed by atoms with van der Waals surface area (Å²) in [6, 6.07) is 6.33. The largest absolute Gasteiger partial charge is 0.333 e. The zero-order valence-corrected chi connectivity index (χ0v) is 13.0. The molecule has 0 saturated heterocycles. The topological polar surface area (TPSA) is 40.7 Å². The van der Waals surface area contributed by atoms with Gasteiger partial charge in [0.25, 0.3) is 0 Å². The summed E-state index contributed by atoms with van der Waals surface area (Å²) >= 11 is 1.80. The van der Waals surface area contributed by atoms with E-state index >= 15 is 0 Å². The third-order valence-corrected chi connectivity index (χ3v) is 3.90. The first kappa shape index (κ1) is 14.4. The molecule has 1 aromatic heterocycles. The van der Waals surface area contributed by atoms with E-state index in [4.69, 9.17) is 0 Å². The third kappa shape index (κ3) is 4.25. The summed E-state index contributed by atoms with van der Waals surface area (Å²) in [5.41, 5.74) is 3.44. The highest BCUT2D eigenvalue weighted by Gasteiger charge is 2.09. The van der Waals surface area contributed by atoms with E-state index in [0.717, 1.165) is 29.3 Å². The van der Waals surface area contributed by atoms with Crippen LogP contribution in [-0.4, -0.2) is 28.3 Å². The Kier molecular flexibility index (Phi) is 4.88. The average molecular weight is 277 g/mol. The van der Waals surface area contributed by atoms with Crippen LogP contribution < -0.4 is 5.32 Å². The van der Waals surface area contributed by atoms with Gasteiger partial charge in [-0.05, 0) is 37.1 Å². The maximum Gasteiger partial charge on any atom is 0.166 e. The van der Waals surface area contributed by atoms with Crippen molar-refractivity contribution in [3.63, 3.8) is 0 Å². The first-order valence-corrected chi connectivity index (χ1v) is 7.76. The van der Waals surface area contributed by atoms with Gasteiger partial charge in [-0.2, -0.15) is 0 Å². The lowest BCUT2D eigenvalue weighted by molar-refractivity contribution is 0.553. The first-order valence-electron chi connectivity index (χ1n) is 6.88. The van der Waals surface area contributed by atoms with Gasteiger partial charge in [-0.15, -0.1) is 0 Å². The van der Waals surface area contributed by atoms with Crippen molar-refractivity contribution in [1.29, 1.82) is 0 Å². The van der Waals surface area contributed by atoms with E-state index in [1.54, 1.807) is 11.8 Å². The highest BCUT2D eigenvalue weighted by atomic mass is 32.2. The number of benzene rings is 1. The van der Waals surface area contributed by atoms with Crippen LogP contribution in [0, 0.1) is 12.8 Å². The van der Waals surface area contributed by atoms with Crippen molar-refractivity contribution in [2.45, 2.75) is 38.1 Å². The molecule has 2 rings (SSSR count). The van der Waals surface area contributed by atoms with Crippen molar-refractivity contribution in [3.8, 4) is 0 Å². The molecule has 0 aliphatic rings. The Bertz CT molecular complexity index is 533. The summed E-state index contributed by atoms with van der Waals surface area (Å²) in [5, 5.41) is 5.01. The normalized spacial score (nSPS) is 13.3. The molecule has 0 saturated carbocycles. The molecule has 0 aliphatic carbocycles. The van der Waals surface area contributed by atoms with Gasteiger partial charge in [0.1, 0.15) is 0 Å². The van der Waals surface area contributed by atoms with Crippen molar-refractivity contribution in [2.75, 3.05) is 13.1 Å². The molecular weight excluding hydrogens is 254 g/mol. The standard InChI is InChI=1S/C15H23N3S/c1-10(2)8-16-9-12(4)19-15-17-13-6-5-11(3)7-14(13)18-15/h5-7,10,12,16H,8-9H2,1-4H3,(H,17,18). The van der Waals surface area contributed by atoms with E-state index in [0.29, 0.717) is 11.2 Å². The lowest BCUT2D eigenvalue weighted by atomic mass is 10.2. The molecule has 3 nitrogen and oxygen atoms in total. The fraction of sp³-hybridized carbons (Fsp3) is 0.533. The number of nitrogens with one attached hydrogen (secondary N) is 2. The molecule has 0 fully saturated rings. The highest BCUT2D eigenvalue weighted by Crippen LogP contribution is 2.23. The van der Waals surface area contributed by atoms with Crippen molar-refractivity contribution in [2.24, 2.45) is 5.92 Å². The summed E-state index contributed by atoms with van der Waals surface area (Å²) < 4.78 is 0. The molecule has 0 radical (unpaired) electrons. The molecule has 0 aliphatic heterocycles. The van der Waals surface area contributed by atoms with E-state index in [2.05, 4.69) is 61.2 Å². The lowest BCUT2D eigenvalue weighted by Gasteiger charge is -2.12. The van der Waals surface area contributed by atoms with Gasteiger partial charge in [0.05, 0.1) is 11.0 Å². The van der Waals surface area contributed by atoms with Gasteiger partial charge in [0, 0.05) is 11.8 Å². The van der Waals surface area contributed by atoms with Crippen LogP contribution in [0.3, 0.4) is 0 Å². The summed E-state index contributed by atoms with van der Waals surface area (Å²) in [5.74, 6) is 0.700. The van der Waals surface area contributed by atoms with Crippen LogP contribution in [0.1, 0.15) is 26.3 Å². The Balaban J connectivity index is 1.93. The monoisotopic (exact) mass is 277 g/mol. The maximum absolute atomic E-state index is 4.62. The van der Waals surface area contributed by atoms with Crippen LogP contribution in [0.5, 0.6) is 0 Å². The Morgan fingerprint density at radius 2 is 2.05 bits per heavy atom. The fourth-order valence-corrected chi connectivity index (χ4v) is 2.87. The predicted molar refractivity (Wildman–Crippen MR) is 83.9 cm³/mol. The number of aromatic nitrogens is 2. The van der Waals surface area contributed by atoms with Crippen molar-refractivity contribution in [1.82, 2.24) is 15.3 Å². The van der Waals surface area contributed by atoms with Gasteiger partial charge in [-0.1, -0.05) is 38.6 Å². The summed E-state index contributed by atoms with van der Waals surface area (Å²) in [6.45, 7) is 10.9. The van der Waals surface area contributed by atoms with Gasteiger partial charge in [0.2, 0.25) is 0 Å². The van der Waals surface area contributed by atoms with Gasteiger partial charge >= 0.3 is 0 Å². The van der Waals surface area contributed by atoms with E-state index in [9.17, 15) is 0 Å². The Morgan fingerprint density at radius 3 is 2.79 bits per heavy atom. The summed E-state index contributed by atoms with van der Waals surface area (Å²) in [7, 11) is 0. The minimum atomic E-state index is 0.514. The molecular formula is C15H23N3S. The Hall–Kier alpha value is -1.00. The number of nitrogens with zero attached hydrogens (tertiary/aromatic N) is 1. The van der Waals surface area contributed by atoms with Gasteiger partial charge in [0.15, 0.2) is 5.16 Å². The highest BCUT2D eigenvalue weighted by molar-refractivity contribution is 7.99. The molecule has 1 atom stereocenters. The average Bonchev–Trinajstić information content (AvgIpc) is 2.69.